The van der Waals surface area contributed by atoms with E-state index in [0.717, 1.165) is 28.8 Å². The summed E-state index contributed by atoms with van der Waals surface area (Å²) in [5.74, 6) is 1.04. The van der Waals surface area contributed by atoms with Crippen LogP contribution in [0.5, 0.6) is 0 Å². The average Bonchev–Trinajstić information content (AvgIpc) is 3.38. The maximum absolute atomic E-state index is 13.4. The van der Waals surface area contributed by atoms with Crippen molar-refractivity contribution in [3.8, 4) is 11.3 Å². The molecule has 10 nitrogen and oxygen atoms in total. The molecule has 4 rings (SSSR count). The van der Waals surface area contributed by atoms with Crippen LogP contribution in [0.3, 0.4) is 0 Å². The first-order valence-electron chi connectivity index (χ1n) is 13.6. The number of nitrogens with zero attached hydrogens (tertiary/aromatic N) is 4. The van der Waals surface area contributed by atoms with E-state index >= 15 is 0 Å². The molecule has 0 saturated carbocycles. The van der Waals surface area contributed by atoms with Crippen molar-refractivity contribution in [2.75, 3.05) is 35.6 Å². The van der Waals surface area contributed by atoms with Crippen molar-refractivity contribution in [3.63, 3.8) is 0 Å². The summed E-state index contributed by atoms with van der Waals surface area (Å²) < 4.78 is 5.52. The minimum atomic E-state index is -0.688. The Labute approximate surface area is 241 Å². The Balaban J connectivity index is 1.41. The van der Waals surface area contributed by atoms with E-state index in [1.54, 1.807) is 47.8 Å². The van der Waals surface area contributed by atoms with Crippen LogP contribution in [0.4, 0.5) is 22.1 Å². The molecule has 4 heterocycles. The molecule has 1 amide bonds. The third-order valence-electron chi connectivity index (χ3n) is 6.33. The second-order valence-corrected chi connectivity index (χ2v) is 10.6. The number of aromatic nitrogens is 3. The zero-order valence-corrected chi connectivity index (χ0v) is 24.0. The highest BCUT2D eigenvalue weighted by Gasteiger charge is 2.28. The monoisotopic (exact) mass is 555 g/mol. The van der Waals surface area contributed by atoms with Gasteiger partial charge >= 0.3 is 6.09 Å². The van der Waals surface area contributed by atoms with Crippen molar-refractivity contribution in [2.24, 2.45) is 0 Å². The number of carbonyl (C=O) groups is 2. The second kappa shape index (κ2) is 12.6. The van der Waals surface area contributed by atoms with Crippen LogP contribution in [-0.4, -0.2) is 63.1 Å². The summed E-state index contributed by atoms with van der Waals surface area (Å²) in [7, 11) is 0. The Morgan fingerprint density at radius 1 is 1.12 bits per heavy atom. The molecule has 3 aromatic rings. The molecule has 214 valence electrons. The molecule has 0 aromatic carbocycles. The predicted molar refractivity (Wildman–Crippen MR) is 164 cm³/mol. The van der Waals surface area contributed by atoms with E-state index in [4.69, 9.17) is 4.74 Å². The van der Waals surface area contributed by atoms with E-state index in [1.165, 1.54) is 0 Å². The van der Waals surface area contributed by atoms with Gasteiger partial charge in [0, 0.05) is 54.9 Å². The average molecular weight is 556 g/mol. The fraction of sp³-hybridized carbons (Fsp3) is 0.323. The third kappa shape index (κ3) is 7.08. The topological polar surface area (TPSA) is 121 Å². The summed E-state index contributed by atoms with van der Waals surface area (Å²) in [6.45, 7) is 16.9. The standard InChI is InChI=1S/C31H37N7O3/c1-7-15-38(30(40)41-31(4,5)6)16-14-34-26-11-10-24-28(36-26)37-29(35-24)27(39)21-12-13-33-25(17-21)23-19-32-18-20(8-2)22(23)9-3/h8-13,17-19,29,35H,2-3,7,14-16H2,1,4-6H3,(H2,34,36,37). The van der Waals surface area contributed by atoms with Gasteiger partial charge in [0.2, 0.25) is 5.78 Å². The molecule has 0 aliphatic carbocycles. The molecule has 1 unspecified atom stereocenters. The SMILES string of the molecule is C=Cc1cncc(-c2cc(C(=O)C3Nc4ccc(NCCN(CCC)C(=O)OC(C)(C)C)nc4N3)ccn2)c1C=C. The molecule has 10 heteroatoms. The first-order valence-corrected chi connectivity index (χ1v) is 13.6. The number of ether oxygens (including phenoxy) is 1. The third-order valence-corrected chi connectivity index (χ3v) is 6.33. The molecule has 0 bridgehead atoms. The normalized spacial score (nSPS) is 13.8. The van der Waals surface area contributed by atoms with Crippen molar-refractivity contribution in [1.29, 1.82) is 0 Å². The lowest BCUT2D eigenvalue weighted by Gasteiger charge is -2.27. The fourth-order valence-corrected chi connectivity index (χ4v) is 4.43. The summed E-state index contributed by atoms with van der Waals surface area (Å²) in [5.41, 5.74) is 3.73. The summed E-state index contributed by atoms with van der Waals surface area (Å²) in [5, 5.41) is 9.64. The number of nitrogens with one attached hydrogen (secondary N) is 3. The molecule has 1 aliphatic rings. The number of ketones is 1. The van der Waals surface area contributed by atoms with Gasteiger partial charge in [-0.05, 0) is 57.0 Å². The number of carbonyl (C=O) groups excluding carboxylic acids is 2. The highest BCUT2D eigenvalue weighted by molar-refractivity contribution is 6.05. The maximum atomic E-state index is 13.4. The number of amides is 1. The lowest BCUT2D eigenvalue weighted by Crippen LogP contribution is -2.39. The van der Waals surface area contributed by atoms with Crippen LogP contribution in [0.1, 0.15) is 55.6 Å². The first kappa shape index (κ1) is 29.3. The van der Waals surface area contributed by atoms with Gasteiger partial charge in [-0.15, -0.1) is 0 Å². The van der Waals surface area contributed by atoms with Gasteiger partial charge < -0.3 is 25.6 Å². The van der Waals surface area contributed by atoms with Crippen LogP contribution >= 0.6 is 0 Å². The lowest BCUT2D eigenvalue weighted by molar-refractivity contribution is 0.0257. The molecule has 0 saturated heterocycles. The Hall–Kier alpha value is -4.73. The first-order chi connectivity index (χ1) is 19.6. The van der Waals surface area contributed by atoms with Gasteiger partial charge in [0.1, 0.15) is 11.4 Å². The van der Waals surface area contributed by atoms with Gasteiger partial charge in [-0.2, -0.15) is 0 Å². The van der Waals surface area contributed by atoms with Crippen LogP contribution in [0.2, 0.25) is 0 Å². The molecular weight excluding hydrogens is 518 g/mol. The minimum Gasteiger partial charge on any atom is -0.444 e. The molecule has 41 heavy (non-hydrogen) atoms. The predicted octanol–water partition coefficient (Wildman–Crippen LogP) is 5.93. The van der Waals surface area contributed by atoms with Crippen LogP contribution in [0.25, 0.3) is 23.4 Å². The molecule has 1 atom stereocenters. The number of hydrogen-bond donors (Lipinski definition) is 3. The van der Waals surface area contributed by atoms with Crippen molar-refractivity contribution < 1.29 is 14.3 Å². The smallest absolute Gasteiger partial charge is 0.410 e. The fourth-order valence-electron chi connectivity index (χ4n) is 4.43. The second-order valence-electron chi connectivity index (χ2n) is 10.6. The van der Waals surface area contributed by atoms with Crippen molar-refractivity contribution >= 4 is 41.4 Å². The Kier molecular flexibility index (Phi) is 9.01. The number of anilines is 3. The van der Waals surface area contributed by atoms with E-state index in [1.807, 2.05) is 39.8 Å². The van der Waals surface area contributed by atoms with E-state index in [0.29, 0.717) is 42.5 Å². The van der Waals surface area contributed by atoms with Gasteiger partial charge in [-0.1, -0.05) is 32.2 Å². The summed E-state index contributed by atoms with van der Waals surface area (Å²) in [6, 6.07) is 7.13. The lowest BCUT2D eigenvalue weighted by atomic mass is 9.99. The van der Waals surface area contributed by atoms with Gasteiger partial charge in [0.25, 0.3) is 0 Å². The number of fused-ring (bicyclic) bond motifs is 1. The number of rotatable bonds is 11. The number of pyridine rings is 3. The van der Waals surface area contributed by atoms with E-state index in [2.05, 4.69) is 44.1 Å². The van der Waals surface area contributed by atoms with Crippen LogP contribution in [-0.2, 0) is 4.74 Å². The highest BCUT2D eigenvalue weighted by Crippen LogP contribution is 2.31. The van der Waals surface area contributed by atoms with E-state index in [-0.39, 0.29) is 11.9 Å². The largest absolute Gasteiger partial charge is 0.444 e. The minimum absolute atomic E-state index is 0.151. The highest BCUT2D eigenvalue weighted by atomic mass is 16.6. The van der Waals surface area contributed by atoms with Crippen LogP contribution in [0, 0.1) is 0 Å². The van der Waals surface area contributed by atoms with Crippen molar-refractivity contribution in [1.82, 2.24) is 19.9 Å². The molecule has 3 aromatic heterocycles. The van der Waals surface area contributed by atoms with Crippen LogP contribution < -0.4 is 16.0 Å². The summed E-state index contributed by atoms with van der Waals surface area (Å²) >= 11 is 0. The zero-order chi connectivity index (χ0) is 29.6. The van der Waals surface area contributed by atoms with Gasteiger partial charge in [0.05, 0.1) is 11.4 Å². The maximum Gasteiger partial charge on any atom is 0.410 e. The van der Waals surface area contributed by atoms with E-state index < -0.39 is 11.8 Å². The van der Waals surface area contributed by atoms with Gasteiger partial charge in [0.15, 0.2) is 12.0 Å². The molecule has 0 spiro atoms. The molecule has 1 aliphatic heterocycles. The van der Waals surface area contributed by atoms with Gasteiger partial charge in [-0.3, -0.25) is 14.8 Å². The van der Waals surface area contributed by atoms with Crippen molar-refractivity contribution in [2.45, 2.75) is 45.9 Å². The summed E-state index contributed by atoms with van der Waals surface area (Å²) in [6.07, 6.45) is 8.28. The Morgan fingerprint density at radius 3 is 2.63 bits per heavy atom. The molecular formula is C31H37N7O3. The van der Waals surface area contributed by atoms with Gasteiger partial charge in [-0.25, -0.2) is 9.78 Å². The molecule has 3 N–H and O–H groups in total. The quantitative estimate of drug-likeness (QED) is 0.247. The Bertz CT molecular complexity index is 1450. The summed E-state index contributed by atoms with van der Waals surface area (Å²) in [4.78, 5) is 41.0. The van der Waals surface area contributed by atoms with Crippen molar-refractivity contribution in [3.05, 3.63) is 72.7 Å². The Morgan fingerprint density at radius 2 is 1.93 bits per heavy atom. The molecule has 0 radical (unpaired) electrons. The molecule has 0 fully saturated rings. The number of Topliss-reactive ketones (excluding diaryl/α,β-unsaturated/α-hetero) is 1. The van der Waals surface area contributed by atoms with Crippen LogP contribution in [0.15, 0.2) is 56.0 Å². The number of hydrogen-bond acceptors (Lipinski definition) is 9. The van der Waals surface area contributed by atoms with E-state index in [9.17, 15) is 9.59 Å². The zero-order valence-electron chi connectivity index (χ0n) is 24.0.